The Balaban J connectivity index is 1.24. The van der Waals surface area contributed by atoms with Crippen LogP contribution in [-0.4, -0.2) is 52.7 Å². The number of carbonyl (C=O) groups excluding carboxylic acids is 1. The van der Waals surface area contributed by atoms with Crippen molar-refractivity contribution in [2.75, 3.05) is 25.0 Å². The molecule has 6 nitrogen and oxygen atoms in total. The zero-order valence-electron chi connectivity index (χ0n) is 26.8. The molecule has 1 N–H and O–H groups in total. The molecular weight excluding hydrogens is 615 g/mol. The monoisotopic (exact) mass is 655 g/mol. The van der Waals surface area contributed by atoms with Crippen LogP contribution in [0.2, 0.25) is 5.02 Å². The molecule has 3 aromatic rings. The first-order valence-corrected chi connectivity index (χ1v) is 16.7. The van der Waals surface area contributed by atoms with Gasteiger partial charge in [0.2, 0.25) is 0 Å². The Labute approximate surface area is 273 Å². The van der Waals surface area contributed by atoms with Gasteiger partial charge in [-0.15, -0.1) is 0 Å². The predicted octanol–water partition coefficient (Wildman–Crippen LogP) is 9.24. The summed E-state index contributed by atoms with van der Waals surface area (Å²) in [5.41, 5.74) is 0.746. The highest BCUT2D eigenvalue weighted by molar-refractivity contribution is 6.31. The van der Waals surface area contributed by atoms with Crippen molar-refractivity contribution in [1.82, 2.24) is 9.88 Å². The number of fused-ring (bicyclic) bond motifs is 1. The van der Waals surface area contributed by atoms with Crippen LogP contribution in [0.1, 0.15) is 94.7 Å². The van der Waals surface area contributed by atoms with Gasteiger partial charge in [0, 0.05) is 24.5 Å². The molecule has 7 rings (SSSR count). The van der Waals surface area contributed by atoms with E-state index in [9.17, 15) is 13.6 Å². The number of aromatic nitrogens is 1. The number of hydrogen-bond donors (Lipinski definition) is 1. The van der Waals surface area contributed by atoms with Gasteiger partial charge in [-0.1, -0.05) is 24.6 Å². The summed E-state index contributed by atoms with van der Waals surface area (Å²) in [6, 6.07) is 9.26. The van der Waals surface area contributed by atoms with E-state index in [1.165, 1.54) is 0 Å². The van der Waals surface area contributed by atoms with Crippen LogP contribution in [0.15, 0.2) is 36.5 Å². The smallest absolute Gasteiger partial charge is 0.413 e. The van der Waals surface area contributed by atoms with Crippen molar-refractivity contribution >= 4 is 34.3 Å². The maximum absolute atomic E-state index is 15.8. The van der Waals surface area contributed by atoms with E-state index in [4.69, 9.17) is 21.1 Å². The summed E-state index contributed by atoms with van der Waals surface area (Å²) in [5.74, 6) is -2.34. The molecule has 2 aliphatic heterocycles. The third kappa shape index (κ3) is 5.41. The molecule has 2 aromatic carbocycles. The Morgan fingerprint density at radius 3 is 2.74 bits per heavy atom. The Kier molecular flexibility index (Phi) is 7.55. The van der Waals surface area contributed by atoms with E-state index in [0.717, 1.165) is 60.7 Å². The summed E-state index contributed by atoms with van der Waals surface area (Å²) in [6.07, 6.45) is 5.59. The molecule has 4 atom stereocenters. The molecule has 4 aliphatic rings. The average molecular weight is 656 g/mol. The van der Waals surface area contributed by atoms with Crippen LogP contribution in [0.5, 0.6) is 5.75 Å². The first kappa shape index (κ1) is 31.6. The van der Waals surface area contributed by atoms with Gasteiger partial charge in [-0.3, -0.25) is 10.2 Å². The molecule has 1 saturated carbocycles. The van der Waals surface area contributed by atoms with Gasteiger partial charge in [0.05, 0.1) is 16.0 Å². The van der Waals surface area contributed by atoms with Gasteiger partial charge < -0.3 is 9.47 Å². The second kappa shape index (κ2) is 11.0. The standard InChI is InChI=1S/C36H41ClF3N3O3/c1-21(25-10-6-12-41-31(25)42-32(44)46-33(2,3)4)24-9-5-8-22-14-28(37)30(38)27-16-23(15-26(24)29(22)27)45-20-35-11-7-13-43(35)19-34(17-35)18-36(34,39)40/h6,10,12,14-16,21,24H,5,7-9,11,13,17-20H2,1-4H3,(H,41,42,44)/t21-,24?,34-,35+/m1/s1. The molecule has 2 saturated heterocycles. The van der Waals surface area contributed by atoms with Gasteiger partial charge in [-0.05, 0) is 124 Å². The number of aryl methyl sites for hydroxylation is 1. The average Bonchev–Trinajstić information content (AvgIpc) is 3.19. The molecule has 2 aliphatic carbocycles. The molecule has 3 fully saturated rings. The lowest BCUT2D eigenvalue weighted by molar-refractivity contribution is 0.0632. The highest BCUT2D eigenvalue weighted by atomic mass is 35.5. The zero-order chi connectivity index (χ0) is 32.6. The fourth-order valence-corrected chi connectivity index (χ4v) is 8.75. The molecule has 1 unspecified atom stereocenters. The van der Waals surface area contributed by atoms with Gasteiger partial charge in [-0.2, -0.15) is 0 Å². The quantitative estimate of drug-likeness (QED) is 0.287. The summed E-state index contributed by atoms with van der Waals surface area (Å²) in [6.45, 7) is 8.99. The van der Waals surface area contributed by atoms with Crippen LogP contribution in [-0.2, 0) is 11.2 Å². The number of carbonyl (C=O) groups is 1. The van der Waals surface area contributed by atoms with Crippen LogP contribution < -0.4 is 10.1 Å². The molecule has 1 spiro atoms. The third-order valence-electron chi connectivity index (χ3n) is 10.7. The SMILES string of the molecule is C[C@@H](c1cccnc1NC(=O)OC(C)(C)C)C1CCCc2cc(Cl)c(F)c3cc(OC[C@@]45CCCN4C[C@]4(CC4(F)F)C5)cc1c23. The Bertz CT molecular complexity index is 1710. The van der Waals surface area contributed by atoms with Gasteiger partial charge in [0.15, 0.2) is 0 Å². The van der Waals surface area contributed by atoms with Crippen molar-refractivity contribution in [1.29, 1.82) is 0 Å². The fraction of sp³-hybridized carbons (Fsp3) is 0.556. The van der Waals surface area contributed by atoms with Crippen molar-refractivity contribution in [3.63, 3.8) is 0 Å². The number of amides is 1. The lowest BCUT2D eigenvalue weighted by Crippen LogP contribution is -2.43. The summed E-state index contributed by atoms with van der Waals surface area (Å²) >= 11 is 6.43. The molecule has 246 valence electrons. The largest absolute Gasteiger partial charge is 0.492 e. The Morgan fingerprint density at radius 2 is 2.00 bits per heavy atom. The highest BCUT2D eigenvalue weighted by Gasteiger charge is 2.77. The van der Waals surface area contributed by atoms with Crippen molar-refractivity contribution in [3.8, 4) is 5.75 Å². The van der Waals surface area contributed by atoms with Crippen LogP contribution in [0.3, 0.4) is 0 Å². The summed E-state index contributed by atoms with van der Waals surface area (Å²) < 4.78 is 56.7. The summed E-state index contributed by atoms with van der Waals surface area (Å²) in [4.78, 5) is 19.4. The molecule has 46 heavy (non-hydrogen) atoms. The van der Waals surface area contributed by atoms with Crippen LogP contribution in [0, 0.1) is 11.2 Å². The van der Waals surface area contributed by atoms with E-state index in [-0.39, 0.29) is 29.9 Å². The van der Waals surface area contributed by atoms with Gasteiger partial charge in [0.25, 0.3) is 5.92 Å². The van der Waals surface area contributed by atoms with E-state index in [0.29, 0.717) is 29.9 Å². The van der Waals surface area contributed by atoms with Crippen molar-refractivity contribution in [2.24, 2.45) is 5.41 Å². The van der Waals surface area contributed by atoms with Crippen molar-refractivity contribution in [2.45, 2.75) is 102 Å². The maximum atomic E-state index is 15.8. The molecule has 10 heteroatoms. The van der Waals surface area contributed by atoms with Crippen LogP contribution in [0.25, 0.3) is 10.8 Å². The highest BCUT2D eigenvalue weighted by Crippen LogP contribution is 2.69. The van der Waals surface area contributed by atoms with E-state index in [1.807, 2.05) is 18.2 Å². The summed E-state index contributed by atoms with van der Waals surface area (Å²) in [7, 11) is 0. The molecule has 0 bridgehead atoms. The predicted molar refractivity (Wildman–Crippen MR) is 173 cm³/mol. The van der Waals surface area contributed by atoms with Gasteiger partial charge in [-0.25, -0.2) is 22.9 Å². The van der Waals surface area contributed by atoms with Crippen molar-refractivity contribution < 1.29 is 27.4 Å². The van der Waals surface area contributed by atoms with E-state index >= 15 is 4.39 Å². The lowest BCUT2D eigenvalue weighted by Gasteiger charge is -2.32. The lowest BCUT2D eigenvalue weighted by atomic mass is 9.79. The molecule has 1 amide bonds. The fourth-order valence-electron chi connectivity index (χ4n) is 8.52. The number of rotatable bonds is 6. The molecular formula is C36H41ClF3N3O3. The second-order valence-electron chi connectivity index (χ2n) is 15.0. The Hall–Kier alpha value is -3.04. The van der Waals surface area contributed by atoms with E-state index in [1.54, 1.807) is 39.1 Å². The minimum atomic E-state index is -2.61. The number of ether oxygens (including phenoxy) is 2. The number of nitrogens with one attached hydrogen (secondary N) is 1. The molecule has 0 radical (unpaired) electrons. The maximum Gasteiger partial charge on any atom is 0.413 e. The number of nitrogens with zero attached hydrogens (tertiary/aromatic N) is 2. The van der Waals surface area contributed by atoms with E-state index in [2.05, 4.69) is 22.1 Å². The number of anilines is 1. The number of benzene rings is 2. The van der Waals surface area contributed by atoms with Gasteiger partial charge >= 0.3 is 6.09 Å². The first-order chi connectivity index (χ1) is 21.7. The second-order valence-corrected chi connectivity index (χ2v) is 15.4. The number of alkyl halides is 2. The number of halogens is 4. The van der Waals surface area contributed by atoms with Crippen LogP contribution in [0.4, 0.5) is 23.8 Å². The normalized spacial score (nSPS) is 27.3. The first-order valence-electron chi connectivity index (χ1n) is 16.4. The van der Waals surface area contributed by atoms with Crippen LogP contribution >= 0.6 is 11.6 Å². The minimum absolute atomic E-state index is 0.0520. The van der Waals surface area contributed by atoms with Gasteiger partial charge in [0.1, 0.15) is 29.6 Å². The van der Waals surface area contributed by atoms with E-state index < -0.39 is 34.4 Å². The van der Waals surface area contributed by atoms with Crippen molar-refractivity contribution in [3.05, 3.63) is 64.1 Å². The zero-order valence-corrected chi connectivity index (χ0v) is 27.6. The number of pyridine rings is 1. The minimum Gasteiger partial charge on any atom is -0.492 e. The Morgan fingerprint density at radius 1 is 1.22 bits per heavy atom. The molecule has 1 aromatic heterocycles. The topological polar surface area (TPSA) is 63.7 Å². The third-order valence-corrected chi connectivity index (χ3v) is 11.0. The number of hydrogen-bond acceptors (Lipinski definition) is 5. The summed E-state index contributed by atoms with van der Waals surface area (Å²) in [5, 5.41) is 4.15. The molecule has 3 heterocycles.